The number of hydrogen-bond acceptors (Lipinski definition) is 1. The summed E-state index contributed by atoms with van der Waals surface area (Å²) in [6.07, 6.45) is 0. The van der Waals surface area contributed by atoms with Gasteiger partial charge in [-0.1, -0.05) is 0 Å². The smallest absolute Gasteiger partial charge is 0.174 e. The second-order valence-electron chi connectivity index (χ2n) is 2.67. The van der Waals surface area contributed by atoms with Crippen LogP contribution in [-0.2, 0) is 0 Å². The molecule has 0 bridgehead atoms. The van der Waals surface area contributed by atoms with Crippen molar-refractivity contribution in [2.75, 3.05) is 0 Å². The molecule has 0 aliphatic rings. The van der Waals surface area contributed by atoms with E-state index in [4.69, 9.17) is 12.2 Å². The minimum atomic E-state index is 0.120. The standard InChI is InChI=1S/C5H11NS/c1-5(2,3)4(6)7/h1-3H3,(H2,6,7)/p+1. The van der Waals surface area contributed by atoms with Crippen LogP contribution in [-0.4, -0.2) is 4.99 Å². The van der Waals surface area contributed by atoms with E-state index < -0.39 is 0 Å². The molecule has 0 atom stereocenters. The van der Waals surface area contributed by atoms with Gasteiger partial charge in [-0.2, -0.15) is 0 Å². The molecular formula is C5H12NS+. The molecule has 0 heterocycles. The van der Waals surface area contributed by atoms with Crippen molar-refractivity contribution >= 4 is 17.2 Å². The SMILES string of the molecule is CC(C)(C)C([NH3+])=S. The lowest BCUT2D eigenvalue weighted by molar-refractivity contribution is -0.221. The Morgan fingerprint density at radius 3 is 1.57 bits per heavy atom. The third-order valence-corrected chi connectivity index (χ3v) is 1.45. The first kappa shape index (κ1) is 7.05. The normalized spacial score (nSPS) is 11.4. The lowest BCUT2D eigenvalue weighted by Gasteiger charge is -2.10. The zero-order valence-electron chi connectivity index (χ0n) is 5.12. The van der Waals surface area contributed by atoms with E-state index in [0.29, 0.717) is 0 Å². The summed E-state index contributed by atoms with van der Waals surface area (Å²) in [5, 5.41) is 0. The summed E-state index contributed by atoms with van der Waals surface area (Å²) in [6.45, 7) is 6.17. The maximum absolute atomic E-state index is 4.82. The Morgan fingerprint density at radius 2 is 1.57 bits per heavy atom. The first-order valence-electron chi connectivity index (χ1n) is 2.31. The van der Waals surface area contributed by atoms with Crippen LogP contribution in [0.2, 0.25) is 0 Å². The van der Waals surface area contributed by atoms with E-state index in [2.05, 4.69) is 26.5 Å². The Balaban J connectivity index is 3.79. The fourth-order valence-corrected chi connectivity index (χ4v) is 0. The lowest BCUT2D eigenvalue weighted by Crippen LogP contribution is -2.61. The van der Waals surface area contributed by atoms with Crippen LogP contribution in [0.4, 0.5) is 0 Å². The first-order chi connectivity index (χ1) is 2.94. The van der Waals surface area contributed by atoms with Crippen LogP contribution in [0.15, 0.2) is 0 Å². The van der Waals surface area contributed by atoms with Crippen molar-refractivity contribution in [2.45, 2.75) is 20.8 Å². The predicted molar refractivity (Wildman–Crippen MR) is 34.9 cm³/mol. The molecular weight excluding hydrogens is 106 g/mol. The van der Waals surface area contributed by atoms with Gasteiger partial charge in [-0.25, -0.2) is 0 Å². The van der Waals surface area contributed by atoms with Crippen molar-refractivity contribution in [1.29, 1.82) is 0 Å². The van der Waals surface area contributed by atoms with Gasteiger partial charge in [-0.05, 0) is 33.0 Å². The average Bonchev–Trinajstić information content (AvgIpc) is 1.31. The van der Waals surface area contributed by atoms with Gasteiger partial charge in [0.05, 0.1) is 0 Å². The molecule has 0 saturated carbocycles. The van der Waals surface area contributed by atoms with Gasteiger partial charge in [0.1, 0.15) is 0 Å². The fraction of sp³-hybridized carbons (Fsp3) is 0.800. The van der Waals surface area contributed by atoms with E-state index in [1.165, 1.54) is 0 Å². The molecule has 0 aromatic heterocycles. The molecule has 0 rings (SSSR count). The van der Waals surface area contributed by atoms with Gasteiger partial charge < -0.3 is 5.73 Å². The zero-order valence-corrected chi connectivity index (χ0v) is 5.93. The molecule has 0 amide bonds. The third kappa shape index (κ3) is 2.71. The topological polar surface area (TPSA) is 27.6 Å². The summed E-state index contributed by atoms with van der Waals surface area (Å²) in [6, 6.07) is 0. The molecule has 0 aromatic carbocycles. The Kier molecular flexibility index (Phi) is 1.90. The molecule has 0 spiro atoms. The summed E-state index contributed by atoms with van der Waals surface area (Å²) >= 11 is 4.82. The molecule has 0 aliphatic heterocycles. The molecule has 42 valence electrons. The summed E-state index contributed by atoms with van der Waals surface area (Å²) in [7, 11) is 0. The summed E-state index contributed by atoms with van der Waals surface area (Å²) < 4.78 is 0. The van der Waals surface area contributed by atoms with Gasteiger partial charge in [0.15, 0.2) is 4.99 Å². The Morgan fingerprint density at radius 1 is 1.43 bits per heavy atom. The van der Waals surface area contributed by atoms with Crippen molar-refractivity contribution in [2.24, 2.45) is 5.41 Å². The minimum absolute atomic E-state index is 0.120. The average molecular weight is 118 g/mol. The van der Waals surface area contributed by atoms with E-state index in [1.807, 2.05) is 0 Å². The van der Waals surface area contributed by atoms with Crippen LogP contribution in [0.25, 0.3) is 0 Å². The van der Waals surface area contributed by atoms with E-state index in [-0.39, 0.29) is 5.41 Å². The largest absolute Gasteiger partial charge is 0.319 e. The lowest BCUT2D eigenvalue weighted by atomic mass is 9.97. The van der Waals surface area contributed by atoms with Crippen LogP contribution < -0.4 is 5.73 Å². The van der Waals surface area contributed by atoms with Crippen LogP contribution in [0.1, 0.15) is 20.8 Å². The highest BCUT2D eigenvalue weighted by atomic mass is 32.1. The van der Waals surface area contributed by atoms with Gasteiger partial charge in [0, 0.05) is 5.41 Å². The van der Waals surface area contributed by atoms with Gasteiger partial charge in [0.25, 0.3) is 0 Å². The molecule has 2 heteroatoms. The van der Waals surface area contributed by atoms with Crippen LogP contribution >= 0.6 is 12.2 Å². The quantitative estimate of drug-likeness (QED) is 0.463. The molecule has 0 radical (unpaired) electrons. The first-order valence-corrected chi connectivity index (χ1v) is 2.72. The highest BCUT2D eigenvalue weighted by Gasteiger charge is 2.16. The van der Waals surface area contributed by atoms with Crippen molar-refractivity contribution in [3.63, 3.8) is 0 Å². The van der Waals surface area contributed by atoms with Gasteiger partial charge >= 0.3 is 0 Å². The second-order valence-corrected chi connectivity index (χ2v) is 3.17. The molecule has 1 nitrogen and oxygen atoms in total. The maximum Gasteiger partial charge on any atom is 0.174 e. The molecule has 0 unspecified atom stereocenters. The number of thiocarbonyl (C=S) groups is 1. The summed E-state index contributed by atoms with van der Waals surface area (Å²) in [5.74, 6) is 0. The number of hydrogen-bond donors (Lipinski definition) is 1. The molecule has 0 aliphatic carbocycles. The maximum atomic E-state index is 4.82. The summed E-state index contributed by atoms with van der Waals surface area (Å²) in [4.78, 5) is 0.826. The zero-order chi connectivity index (χ0) is 6.08. The van der Waals surface area contributed by atoms with E-state index in [9.17, 15) is 0 Å². The Hall–Kier alpha value is 0.0500. The van der Waals surface area contributed by atoms with E-state index >= 15 is 0 Å². The van der Waals surface area contributed by atoms with Crippen molar-refractivity contribution < 1.29 is 5.73 Å². The number of rotatable bonds is 0. The van der Waals surface area contributed by atoms with E-state index in [1.54, 1.807) is 0 Å². The highest BCUT2D eigenvalue weighted by molar-refractivity contribution is 7.80. The Labute approximate surface area is 49.9 Å². The van der Waals surface area contributed by atoms with E-state index in [0.717, 1.165) is 4.99 Å². The fourth-order valence-electron chi connectivity index (χ4n) is 0. The minimum Gasteiger partial charge on any atom is -0.319 e. The van der Waals surface area contributed by atoms with Gasteiger partial charge in [-0.15, -0.1) is 0 Å². The molecule has 0 saturated heterocycles. The van der Waals surface area contributed by atoms with Crippen LogP contribution in [0.3, 0.4) is 0 Å². The number of quaternary nitrogens is 1. The van der Waals surface area contributed by atoms with Crippen LogP contribution in [0, 0.1) is 5.41 Å². The molecule has 7 heavy (non-hydrogen) atoms. The second kappa shape index (κ2) is 1.88. The highest BCUT2D eigenvalue weighted by Crippen LogP contribution is 2.10. The van der Waals surface area contributed by atoms with Crippen molar-refractivity contribution in [3.05, 3.63) is 0 Å². The summed E-state index contributed by atoms with van der Waals surface area (Å²) in [5.41, 5.74) is 3.76. The van der Waals surface area contributed by atoms with Gasteiger partial charge in [-0.3, -0.25) is 0 Å². The molecule has 0 aromatic rings. The van der Waals surface area contributed by atoms with Crippen molar-refractivity contribution in [1.82, 2.24) is 0 Å². The Bertz CT molecular complexity index is 80.6. The van der Waals surface area contributed by atoms with Crippen molar-refractivity contribution in [3.8, 4) is 0 Å². The van der Waals surface area contributed by atoms with Gasteiger partial charge in [0.2, 0.25) is 0 Å². The third-order valence-electron chi connectivity index (χ3n) is 0.837. The van der Waals surface area contributed by atoms with Crippen LogP contribution in [0.5, 0.6) is 0 Å². The predicted octanol–water partition coefficient (Wildman–Crippen LogP) is 0.602. The monoisotopic (exact) mass is 118 g/mol. The molecule has 3 N–H and O–H groups in total. The molecule has 0 fully saturated rings.